The molecule has 1 aromatic rings. The van der Waals surface area contributed by atoms with Gasteiger partial charge in [0.25, 0.3) is 0 Å². The molecule has 3 aliphatic rings. The predicted molar refractivity (Wildman–Crippen MR) is 113 cm³/mol. The van der Waals surface area contributed by atoms with Crippen LogP contribution >= 0.6 is 0 Å². The van der Waals surface area contributed by atoms with Crippen molar-refractivity contribution in [1.29, 1.82) is 0 Å². The van der Waals surface area contributed by atoms with E-state index in [-0.39, 0.29) is 18.6 Å². The van der Waals surface area contributed by atoms with Gasteiger partial charge in [-0.3, -0.25) is 9.69 Å². The number of nitrogens with zero attached hydrogens (tertiary/aromatic N) is 6. The predicted octanol–water partition coefficient (Wildman–Crippen LogP) is 0.962. The zero-order valence-corrected chi connectivity index (χ0v) is 17.4. The summed E-state index contributed by atoms with van der Waals surface area (Å²) in [4.78, 5) is 30.3. The van der Waals surface area contributed by atoms with E-state index in [0.717, 1.165) is 89.6 Å². The van der Waals surface area contributed by atoms with Crippen molar-refractivity contribution in [3.05, 3.63) is 12.4 Å². The molecule has 4 rings (SSSR count). The number of aliphatic hydroxyl groups excluding tert-OH is 1. The van der Waals surface area contributed by atoms with E-state index in [1.807, 2.05) is 4.90 Å². The number of hydrogen-bond donors (Lipinski definition) is 1. The summed E-state index contributed by atoms with van der Waals surface area (Å²) in [6.45, 7) is 6.98. The van der Waals surface area contributed by atoms with Crippen LogP contribution < -0.4 is 9.80 Å². The Morgan fingerprint density at radius 1 is 0.931 bits per heavy atom. The summed E-state index contributed by atoms with van der Waals surface area (Å²) < 4.78 is 0. The lowest BCUT2D eigenvalue weighted by Gasteiger charge is -2.38. The summed E-state index contributed by atoms with van der Waals surface area (Å²) in [7, 11) is 0. The first kappa shape index (κ1) is 20.3. The number of anilines is 2. The van der Waals surface area contributed by atoms with Crippen molar-refractivity contribution in [3.63, 3.8) is 0 Å². The molecule has 1 N–H and O–H groups in total. The molecule has 0 radical (unpaired) electrons. The first-order valence-electron chi connectivity index (χ1n) is 11.2. The average molecular weight is 403 g/mol. The van der Waals surface area contributed by atoms with Crippen LogP contribution in [0, 0.1) is 0 Å². The maximum absolute atomic E-state index is 12.5. The highest BCUT2D eigenvalue weighted by Gasteiger charge is 2.26. The van der Waals surface area contributed by atoms with Gasteiger partial charge in [-0.15, -0.1) is 0 Å². The summed E-state index contributed by atoms with van der Waals surface area (Å²) in [6.07, 6.45) is 8.49. The molecule has 3 aliphatic heterocycles. The number of carbonyl (C=O) groups is 1. The van der Waals surface area contributed by atoms with Crippen molar-refractivity contribution in [1.82, 2.24) is 19.8 Å². The minimum atomic E-state index is 0.157. The van der Waals surface area contributed by atoms with E-state index in [1.165, 1.54) is 6.42 Å². The van der Waals surface area contributed by atoms with Crippen molar-refractivity contribution >= 4 is 17.5 Å². The fourth-order valence-corrected chi connectivity index (χ4v) is 4.73. The molecule has 8 nitrogen and oxygen atoms in total. The number of piperidine rings is 2. The Kier molecular flexibility index (Phi) is 6.82. The molecule has 0 aromatic carbocycles. The number of amides is 1. The van der Waals surface area contributed by atoms with Crippen LogP contribution in [0.1, 0.15) is 38.5 Å². The van der Waals surface area contributed by atoms with Crippen molar-refractivity contribution in [2.45, 2.75) is 44.6 Å². The van der Waals surface area contributed by atoms with E-state index in [0.29, 0.717) is 6.54 Å². The van der Waals surface area contributed by atoms with Gasteiger partial charge in [0.1, 0.15) is 18.0 Å². The van der Waals surface area contributed by atoms with Crippen molar-refractivity contribution < 1.29 is 9.90 Å². The Hall–Kier alpha value is -1.93. The normalized spacial score (nSPS) is 24.0. The van der Waals surface area contributed by atoms with E-state index < -0.39 is 0 Å². The zero-order valence-electron chi connectivity index (χ0n) is 17.4. The molecule has 0 aliphatic carbocycles. The van der Waals surface area contributed by atoms with E-state index in [2.05, 4.69) is 30.7 Å². The lowest BCUT2D eigenvalue weighted by Crippen LogP contribution is -2.51. The molecule has 1 aromatic heterocycles. The van der Waals surface area contributed by atoms with Crippen LogP contribution in [0.5, 0.6) is 0 Å². The SMILES string of the molecule is O=C(CN1CCN(c2cc(N3CCCC[C@H]3CO)ncn2)CC1)N1CCCCC1. The Labute approximate surface area is 173 Å². The number of piperazine rings is 1. The molecule has 3 saturated heterocycles. The van der Waals surface area contributed by atoms with Crippen molar-refractivity contribution in [2.24, 2.45) is 0 Å². The first-order valence-corrected chi connectivity index (χ1v) is 11.2. The zero-order chi connectivity index (χ0) is 20.1. The van der Waals surface area contributed by atoms with Gasteiger partial charge < -0.3 is 19.8 Å². The Morgan fingerprint density at radius 3 is 2.41 bits per heavy atom. The summed E-state index contributed by atoms with van der Waals surface area (Å²) in [6, 6.07) is 2.21. The van der Waals surface area contributed by atoms with Gasteiger partial charge in [-0.05, 0) is 38.5 Å². The fraction of sp³-hybridized carbons (Fsp3) is 0.762. The van der Waals surface area contributed by atoms with Crippen LogP contribution in [-0.2, 0) is 4.79 Å². The smallest absolute Gasteiger partial charge is 0.236 e. The quantitative estimate of drug-likeness (QED) is 0.786. The number of carbonyl (C=O) groups excluding carboxylic acids is 1. The number of likely N-dealkylation sites (tertiary alicyclic amines) is 1. The van der Waals surface area contributed by atoms with E-state index in [9.17, 15) is 9.90 Å². The fourth-order valence-electron chi connectivity index (χ4n) is 4.73. The van der Waals surface area contributed by atoms with Gasteiger partial charge in [0.2, 0.25) is 5.91 Å². The van der Waals surface area contributed by atoms with Crippen LogP contribution in [0.4, 0.5) is 11.6 Å². The van der Waals surface area contributed by atoms with Crippen molar-refractivity contribution in [3.8, 4) is 0 Å². The Balaban J connectivity index is 1.32. The topological polar surface area (TPSA) is 76.0 Å². The molecular weight excluding hydrogens is 368 g/mol. The van der Waals surface area contributed by atoms with Gasteiger partial charge >= 0.3 is 0 Å². The Bertz CT molecular complexity index is 673. The van der Waals surface area contributed by atoms with Gasteiger partial charge in [0.15, 0.2) is 0 Å². The van der Waals surface area contributed by atoms with E-state index in [4.69, 9.17) is 0 Å². The largest absolute Gasteiger partial charge is 0.394 e. The third kappa shape index (κ3) is 4.98. The lowest BCUT2D eigenvalue weighted by molar-refractivity contribution is -0.133. The van der Waals surface area contributed by atoms with E-state index in [1.54, 1.807) is 6.33 Å². The highest BCUT2D eigenvalue weighted by molar-refractivity contribution is 5.78. The van der Waals surface area contributed by atoms with Crippen LogP contribution in [-0.4, -0.2) is 95.8 Å². The molecule has 0 saturated carbocycles. The van der Waals surface area contributed by atoms with Gasteiger partial charge in [0.05, 0.1) is 19.2 Å². The monoisotopic (exact) mass is 402 g/mol. The second kappa shape index (κ2) is 9.71. The molecule has 160 valence electrons. The molecule has 3 fully saturated rings. The Morgan fingerprint density at radius 2 is 1.66 bits per heavy atom. The maximum atomic E-state index is 12.5. The van der Waals surface area contributed by atoms with Gasteiger partial charge in [-0.25, -0.2) is 9.97 Å². The molecular formula is C21H34N6O2. The standard InChI is InChI=1S/C21H34N6O2/c28-16-18-6-2-5-9-27(18)20-14-19(22-17-23-20)25-12-10-24(11-13-25)15-21(29)26-7-3-1-4-8-26/h14,17-18,28H,1-13,15-16H2/t18-/m0/s1. The molecule has 1 amide bonds. The number of hydrogen-bond acceptors (Lipinski definition) is 7. The van der Waals surface area contributed by atoms with Gasteiger partial charge in [-0.1, -0.05) is 0 Å². The molecule has 29 heavy (non-hydrogen) atoms. The molecule has 0 unspecified atom stereocenters. The summed E-state index contributed by atoms with van der Waals surface area (Å²) in [5, 5.41) is 9.70. The third-order valence-corrected chi connectivity index (χ3v) is 6.53. The van der Waals surface area contributed by atoms with Crippen LogP contribution in [0.3, 0.4) is 0 Å². The molecule has 0 spiro atoms. The summed E-state index contributed by atoms with van der Waals surface area (Å²) in [5.41, 5.74) is 0. The first-order chi connectivity index (χ1) is 14.2. The van der Waals surface area contributed by atoms with Crippen LogP contribution in [0.15, 0.2) is 12.4 Å². The van der Waals surface area contributed by atoms with Crippen molar-refractivity contribution in [2.75, 3.05) is 68.8 Å². The molecule has 8 heteroatoms. The van der Waals surface area contributed by atoms with Gasteiger partial charge in [0, 0.05) is 51.9 Å². The summed E-state index contributed by atoms with van der Waals surface area (Å²) >= 11 is 0. The van der Waals surface area contributed by atoms with Crippen LogP contribution in [0.25, 0.3) is 0 Å². The van der Waals surface area contributed by atoms with E-state index >= 15 is 0 Å². The second-order valence-electron chi connectivity index (χ2n) is 8.46. The van der Waals surface area contributed by atoms with Crippen LogP contribution in [0.2, 0.25) is 0 Å². The maximum Gasteiger partial charge on any atom is 0.236 e. The molecule has 1 atom stereocenters. The minimum Gasteiger partial charge on any atom is -0.394 e. The molecule has 0 bridgehead atoms. The average Bonchev–Trinajstić information content (AvgIpc) is 2.80. The third-order valence-electron chi connectivity index (χ3n) is 6.53. The second-order valence-corrected chi connectivity index (χ2v) is 8.46. The number of aliphatic hydroxyl groups is 1. The number of aromatic nitrogens is 2. The molecule has 4 heterocycles. The number of rotatable bonds is 5. The summed E-state index contributed by atoms with van der Waals surface area (Å²) in [5.74, 6) is 2.14. The highest BCUT2D eigenvalue weighted by Crippen LogP contribution is 2.25. The highest BCUT2D eigenvalue weighted by atomic mass is 16.3. The minimum absolute atomic E-state index is 0.157. The lowest BCUT2D eigenvalue weighted by atomic mass is 10.0. The van der Waals surface area contributed by atoms with Gasteiger partial charge in [-0.2, -0.15) is 0 Å².